The first-order valence-electron chi connectivity index (χ1n) is 9.62. The van der Waals surface area contributed by atoms with Crippen molar-refractivity contribution in [2.75, 3.05) is 6.54 Å². The Morgan fingerprint density at radius 2 is 2.13 bits per heavy atom. The van der Waals surface area contributed by atoms with Crippen molar-refractivity contribution in [1.82, 2.24) is 10.2 Å². The summed E-state index contributed by atoms with van der Waals surface area (Å²) in [6.45, 7) is 2.00. The van der Waals surface area contributed by atoms with Gasteiger partial charge in [0.1, 0.15) is 17.2 Å². The lowest BCUT2D eigenvalue weighted by Crippen LogP contribution is -2.32. The third-order valence-corrected chi connectivity index (χ3v) is 5.76. The van der Waals surface area contributed by atoms with Gasteiger partial charge in [0.2, 0.25) is 0 Å². The van der Waals surface area contributed by atoms with Gasteiger partial charge in [0, 0.05) is 16.5 Å². The van der Waals surface area contributed by atoms with Crippen molar-refractivity contribution >= 4 is 39.9 Å². The lowest BCUT2D eigenvalue weighted by molar-refractivity contribution is -0.122. The lowest BCUT2D eigenvalue weighted by Gasteiger charge is -2.15. The zero-order valence-electron chi connectivity index (χ0n) is 16.6. The number of carboxylic acid groups (broad SMARTS) is 1. The summed E-state index contributed by atoms with van der Waals surface area (Å²) >= 11 is 3.49. The monoisotopic (exact) mass is 482 g/mol. The quantitative estimate of drug-likeness (QED) is 0.371. The van der Waals surface area contributed by atoms with E-state index in [-0.39, 0.29) is 22.6 Å². The number of rotatable bonds is 5. The van der Waals surface area contributed by atoms with E-state index in [2.05, 4.69) is 21.2 Å². The second-order valence-corrected chi connectivity index (χ2v) is 8.48. The van der Waals surface area contributed by atoms with Gasteiger partial charge >= 0.3 is 12.0 Å². The largest absolute Gasteiger partial charge is 0.478 e. The molecule has 4 rings (SSSR count). The number of nitrogens with zero attached hydrogens (tertiary/aromatic N) is 1. The van der Waals surface area contributed by atoms with Crippen LogP contribution < -0.4 is 5.32 Å². The summed E-state index contributed by atoms with van der Waals surface area (Å²) < 4.78 is 5.82. The Bertz CT molecular complexity index is 1170. The number of halogens is 1. The van der Waals surface area contributed by atoms with Gasteiger partial charge in [-0.25, -0.2) is 9.59 Å². The molecule has 1 aromatic carbocycles. The Labute approximate surface area is 186 Å². The molecule has 1 aliphatic carbocycles. The van der Waals surface area contributed by atoms with Gasteiger partial charge in [-0.2, -0.15) is 0 Å². The second kappa shape index (κ2) is 8.39. The molecule has 0 radical (unpaired) electrons. The number of urea groups is 1. The molecule has 2 aliphatic rings. The Balaban J connectivity index is 1.52. The maximum absolute atomic E-state index is 12.7. The number of allylic oxidation sites excluding steroid dienone is 2. The van der Waals surface area contributed by atoms with E-state index in [4.69, 9.17) is 9.52 Å². The van der Waals surface area contributed by atoms with Crippen LogP contribution in [0.15, 0.2) is 64.2 Å². The van der Waals surface area contributed by atoms with E-state index in [9.17, 15) is 14.4 Å². The highest BCUT2D eigenvalue weighted by atomic mass is 79.9. The van der Waals surface area contributed by atoms with Crippen molar-refractivity contribution in [3.8, 4) is 11.3 Å². The molecule has 31 heavy (non-hydrogen) atoms. The number of amides is 3. The smallest absolute Gasteiger partial charge is 0.335 e. The minimum atomic E-state index is -0.994. The van der Waals surface area contributed by atoms with Crippen LogP contribution in [0, 0.1) is 6.92 Å². The fourth-order valence-electron chi connectivity index (χ4n) is 3.44. The van der Waals surface area contributed by atoms with Gasteiger partial charge in [-0.15, -0.1) is 0 Å². The number of hydrogen-bond acceptors (Lipinski definition) is 4. The van der Waals surface area contributed by atoms with Gasteiger partial charge in [0.15, 0.2) is 0 Å². The molecule has 7 nitrogen and oxygen atoms in total. The number of alkyl halides is 1. The molecule has 0 spiro atoms. The molecule has 2 N–H and O–H groups in total. The molecule has 1 saturated heterocycles. The third kappa shape index (κ3) is 4.39. The first-order chi connectivity index (χ1) is 14.8. The van der Waals surface area contributed by atoms with Crippen molar-refractivity contribution in [2.24, 2.45) is 0 Å². The molecule has 0 saturated carbocycles. The summed E-state index contributed by atoms with van der Waals surface area (Å²) in [6.07, 6.45) is 8.19. The second-order valence-electron chi connectivity index (χ2n) is 7.31. The van der Waals surface area contributed by atoms with Crippen LogP contribution in [0.3, 0.4) is 0 Å². The van der Waals surface area contributed by atoms with E-state index in [1.807, 2.05) is 18.2 Å². The summed E-state index contributed by atoms with van der Waals surface area (Å²) in [7, 11) is 0. The van der Waals surface area contributed by atoms with Crippen molar-refractivity contribution < 1.29 is 23.9 Å². The molecular weight excluding hydrogens is 464 g/mol. The molecule has 3 amide bonds. The van der Waals surface area contributed by atoms with Crippen LogP contribution in [0.1, 0.15) is 28.1 Å². The molecule has 2 heterocycles. The number of benzene rings is 1. The zero-order valence-corrected chi connectivity index (χ0v) is 18.2. The van der Waals surface area contributed by atoms with E-state index >= 15 is 0 Å². The van der Waals surface area contributed by atoms with Crippen LogP contribution in [0.4, 0.5) is 4.79 Å². The third-order valence-electron chi connectivity index (χ3n) is 5.08. The van der Waals surface area contributed by atoms with Gasteiger partial charge in [-0.3, -0.25) is 9.69 Å². The van der Waals surface area contributed by atoms with Crippen molar-refractivity contribution in [1.29, 1.82) is 0 Å². The van der Waals surface area contributed by atoms with E-state index in [0.717, 1.165) is 28.0 Å². The Morgan fingerprint density at radius 1 is 1.32 bits per heavy atom. The molecule has 1 aromatic heterocycles. The van der Waals surface area contributed by atoms with Gasteiger partial charge in [0.25, 0.3) is 5.91 Å². The summed E-state index contributed by atoms with van der Waals surface area (Å²) in [6, 6.07) is 7.72. The summed E-state index contributed by atoms with van der Waals surface area (Å²) in [4.78, 5) is 37.5. The van der Waals surface area contributed by atoms with Crippen LogP contribution in [0.2, 0.25) is 0 Å². The minimum absolute atomic E-state index is 0.141. The number of nitrogens with one attached hydrogen (secondary N) is 1. The van der Waals surface area contributed by atoms with E-state index in [0.29, 0.717) is 11.5 Å². The number of hydrogen-bond donors (Lipinski definition) is 2. The Hall–Kier alpha value is -3.39. The maximum Gasteiger partial charge on any atom is 0.335 e. The highest BCUT2D eigenvalue weighted by Gasteiger charge is 2.34. The highest BCUT2D eigenvalue weighted by molar-refractivity contribution is 9.09. The van der Waals surface area contributed by atoms with Gasteiger partial charge in [-0.1, -0.05) is 40.2 Å². The van der Waals surface area contributed by atoms with Crippen LogP contribution in [-0.2, 0) is 4.79 Å². The predicted octanol–water partition coefficient (Wildman–Crippen LogP) is 4.50. The fourth-order valence-corrected chi connectivity index (χ4v) is 3.78. The van der Waals surface area contributed by atoms with Crippen LogP contribution in [0.25, 0.3) is 17.4 Å². The number of carbonyl (C=O) groups is 3. The van der Waals surface area contributed by atoms with Crippen molar-refractivity contribution in [3.63, 3.8) is 0 Å². The first-order valence-corrected chi connectivity index (χ1v) is 10.5. The summed E-state index contributed by atoms with van der Waals surface area (Å²) in [5, 5.41) is 11.7. The van der Waals surface area contributed by atoms with Gasteiger partial charge < -0.3 is 14.8 Å². The fraction of sp³-hybridized carbons (Fsp3) is 0.174. The van der Waals surface area contributed by atoms with E-state index < -0.39 is 17.9 Å². The lowest BCUT2D eigenvalue weighted by atomic mass is 10.0. The number of aromatic carboxylic acids is 1. The molecule has 1 atom stereocenters. The average molecular weight is 483 g/mol. The number of carbonyl (C=O) groups excluding carboxylic acids is 2. The zero-order chi connectivity index (χ0) is 22.1. The number of furan rings is 1. The SMILES string of the molecule is Cc1cc(C(=O)O)ccc1-c1ccc(/C=C2/NC(=O)N(CC3=CCC(Br)C=C3)C2=O)o1. The van der Waals surface area contributed by atoms with Gasteiger partial charge in [0.05, 0.1) is 12.1 Å². The highest BCUT2D eigenvalue weighted by Crippen LogP contribution is 2.28. The van der Waals surface area contributed by atoms with Gasteiger partial charge in [-0.05, 0) is 48.7 Å². The molecule has 1 fully saturated rings. The molecule has 1 aliphatic heterocycles. The topological polar surface area (TPSA) is 99.9 Å². The predicted molar refractivity (Wildman–Crippen MR) is 119 cm³/mol. The molecule has 8 heteroatoms. The van der Waals surface area contributed by atoms with Crippen molar-refractivity contribution in [2.45, 2.75) is 18.2 Å². The standard InChI is InChI=1S/C23H19BrN2O5/c1-13-10-15(22(28)29)4-8-18(13)20-9-7-17(31-20)11-19-21(27)26(23(30)25-19)12-14-2-5-16(24)6-3-14/h2-5,7-11,16H,6,12H2,1H3,(H,25,30)(H,28,29)/b19-11+. The maximum atomic E-state index is 12.7. The Morgan fingerprint density at radius 3 is 2.81 bits per heavy atom. The molecule has 2 aromatic rings. The molecule has 1 unspecified atom stereocenters. The summed E-state index contributed by atoms with van der Waals surface area (Å²) in [5.41, 5.74) is 2.75. The summed E-state index contributed by atoms with van der Waals surface area (Å²) in [5.74, 6) is -0.468. The first kappa shape index (κ1) is 20.9. The normalized spacial score (nSPS) is 19.7. The molecular formula is C23H19BrN2O5. The Kier molecular flexibility index (Phi) is 5.65. The van der Waals surface area contributed by atoms with E-state index in [1.54, 1.807) is 31.2 Å². The van der Waals surface area contributed by atoms with Crippen LogP contribution in [0.5, 0.6) is 0 Å². The number of aryl methyl sites for hydroxylation is 1. The average Bonchev–Trinajstić information content (AvgIpc) is 3.29. The number of imide groups is 1. The molecule has 0 bridgehead atoms. The number of carboxylic acids is 1. The van der Waals surface area contributed by atoms with Crippen LogP contribution >= 0.6 is 15.9 Å². The van der Waals surface area contributed by atoms with E-state index in [1.165, 1.54) is 12.1 Å². The minimum Gasteiger partial charge on any atom is -0.478 e. The van der Waals surface area contributed by atoms with Crippen LogP contribution in [-0.4, -0.2) is 39.3 Å². The van der Waals surface area contributed by atoms with Crippen molar-refractivity contribution in [3.05, 3.63) is 76.7 Å². The molecule has 158 valence electrons.